The molecule has 3 rings (SSSR count). The summed E-state index contributed by atoms with van der Waals surface area (Å²) in [7, 11) is 2.38. The van der Waals surface area contributed by atoms with E-state index in [1.807, 2.05) is 18.2 Å². The molecule has 3 aromatic carbocycles. The first kappa shape index (κ1) is 31.4. The van der Waals surface area contributed by atoms with Crippen molar-refractivity contribution in [2.45, 2.75) is 19.0 Å². The fourth-order valence-electron chi connectivity index (χ4n) is 4.22. The highest BCUT2D eigenvalue weighted by molar-refractivity contribution is 7.88. The second-order valence-electron chi connectivity index (χ2n) is 9.43. The zero-order valence-corrected chi connectivity index (χ0v) is 24.8. The molecular weight excluding hydrogens is 546 g/mol. The van der Waals surface area contributed by atoms with Crippen molar-refractivity contribution in [1.82, 2.24) is 14.5 Å². The topological polar surface area (TPSA) is 114 Å². The van der Waals surface area contributed by atoms with Crippen LogP contribution in [0.1, 0.15) is 22.7 Å². The van der Waals surface area contributed by atoms with Crippen LogP contribution in [0, 0.1) is 0 Å². The van der Waals surface area contributed by atoms with Crippen molar-refractivity contribution in [2.24, 2.45) is 0 Å². The number of ether oxygens (including phenoxy) is 3. The molecule has 0 unspecified atom stereocenters. The van der Waals surface area contributed by atoms with Crippen molar-refractivity contribution < 1.29 is 32.2 Å². The van der Waals surface area contributed by atoms with Crippen LogP contribution in [-0.2, 0) is 32.6 Å². The summed E-state index contributed by atoms with van der Waals surface area (Å²) >= 11 is 0. The third-order valence-corrected chi connectivity index (χ3v) is 7.85. The Labute approximate surface area is 241 Å². The maximum atomic E-state index is 13.8. The molecule has 0 spiro atoms. The van der Waals surface area contributed by atoms with E-state index in [0.29, 0.717) is 35.8 Å². The van der Waals surface area contributed by atoms with Gasteiger partial charge in [0.05, 0.1) is 34.1 Å². The van der Waals surface area contributed by atoms with Gasteiger partial charge in [0.1, 0.15) is 11.8 Å². The molecule has 0 aliphatic rings. The maximum absolute atomic E-state index is 13.8. The van der Waals surface area contributed by atoms with E-state index in [9.17, 15) is 18.0 Å². The van der Waals surface area contributed by atoms with Gasteiger partial charge in [-0.3, -0.25) is 9.59 Å². The second-order valence-corrected chi connectivity index (χ2v) is 11.5. The van der Waals surface area contributed by atoms with E-state index in [2.05, 4.69) is 5.32 Å². The van der Waals surface area contributed by atoms with E-state index in [1.54, 1.807) is 75.9 Å². The van der Waals surface area contributed by atoms with E-state index < -0.39 is 28.5 Å². The van der Waals surface area contributed by atoms with Gasteiger partial charge in [0.2, 0.25) is 21.8 Å². The van der Waals surface area contributed by atoms with Gasteiger partial charge in [-0.05, 0) is 47.4 Å². The van der Waals surface area contributed by atoms with Crippen LogP contribution in [0.25, 0.3) is 0 Å². The Bertz CT molecular complexity index is 1410. The third-order valence-electron chi connectivity index (χ3n) is 6.59. The SMILES string of the molecule is COc1ccc(CN(C(=O)CN(C)S(C)(=O)=O)[C@H](C(=O)NCCc2ccc(OC)c(OC)c2)c2ccccc2)cc1. The van der Waals surface area contributed by atoms with Crippen molar-refractivity contribution in [3.05, 3.63) is 89.5 Å². The van der Waals surface area contributed by atoms with Gasteiger partial charge in [-0.25, -0.2) is 8.42 Å². The molecule has 0 saturated carbocycles. The number of sulfonamides is 1. The number of nitrogens with one attached hydrogen (secondary N) is 1. The first-order valence-electron chi connectivity index (χ1n) is 12.9. The number of methoxy groups -OCH3 is 3. The largest absolute Gasteiger partial charge is 0.497 e. The predicted molar refractivity (Wildman–Crippen MR) is 156 cm³/mol. The number of hydrogen-bond donors (Lipinski definition) is 1. The highest BCUT2D eigenvalue weighted by Crippen LogP contribution is 2.28. The minimum atomic E-state index is -3.63. The minimum Gasteiger partial charge on any atom is -0.497 e. The summed E-state index contributed by atoms with van der Waals surface area (Å²) in [6, 6.07) is 20.6. The molecule has 41 heavy (non-hydrogen) atoms. The third kappa shape index (κ3) is 8.70. The molecular formula is C30H37N3O7S. The van der Waals surface area contributed by atoms with Crippen LogP contribution in [0.15, 0.2) is 72.8 Å². The normalized spacial score (nSPS) is 12.0. The van der Waals surface area contributed by atoms with Crippen molar-refractivity contribution in [2.75, 3.05) is 47.7 Å². The van der Waals surface area contributed by atoms with Gasteiger partial charge in [0.25, 0.3) is 0 Å². The van der Waals surface area contributed by atoms with Crippen molar-refractivity contribution >= 4 is 21.8 Å². The van der Waals surface area contributed by atoms with E-state index in [-0.39, 0.29) is 12.5 Å². The molecule has 10 nitrogen and oxygen atoms in total. The van der Waals surface area contributed by atoms with Gasteiger partial charge < -0.3 is 24.4 Å². The van der Waals surface area contributed by atoms with Gasteiger partial charge in [-0.2, -0.15) is 4.31 Å². The van der Waals surface area contributed by atoms with Gasteiger partial charge in [-0.15, -0.1) is 0 Å². The van der Waals surface area contributed by atoms with Crippen LogP contribution in [-0.4, -0.2) is 77.2 Å². The Kier molecular flexibility index (Phi) is 11.1. The van der Waals surface area contributed by atoms with E-state index in [1.165, 1.54) is 11.9 Å². The summed E-state index contributed by atoms with van der Waals surface area (Å²) in [4.78, 5) is 28.8. The lowest BCUT2D eigenvalue weighted by Gasteiger charge is -2.32. The molecule has 0 fully saturated rings. The Morgan fingerprint density at radius 2 is 1.49 bits per heavy atom. The highest BCUT2D eigenvalue weighted by atomic mass is 32.2. The van der Waals surface area contributed by atoms with Gasteiger partial charge in [0, 0.05) is 20.1 Å². The van der Waals surface area contributed by atoms with Crippen molar-refractivity contribution in [3.63, 3.8) is 0 Å². The van der Waals surface area contributed by atoms with E-state index >= 15 is 0 Å². The molecule has 1 atom stereocenters. The summed E-state index contributed by atoms with van der Waals surface area (Å²) in [5.41, 5.74) is 2.28. The smallest absolute Gasteiger partial charge is 0.247 e. The first-order valence-corrected chi connectivity index (χ1v) is 14.8. The lowest BCUT2D eigenvalue weighted by molar-refractivity contribution is -0.141. The van der Waals surface area contributed by atoms with Crippen LogP contribution >= 0.6 is 0 Å². The minimum absolute atomic E-state index is 0.0725. The fraction of sp³-hybridized carbons (Fsp3) is 0.333. The molecule has 0 aromatic heterocycles. The number of carbonyl (C=O) groups is 2. The molecule has 0 saturated heterocycles. The average Bonchev–Trinajstić information content (AvgIpc) is 2.97. The first-order chi connectivity index (χ1) is 19.6. The van der Waals surface area contributed by atoms with Crippen LogP contribution < -0.4 is 19.5 Å². The van der Waals surface area contributed by atoms with Crippen LogP contribution in [0.5, 0.6) is 17.2 Å². The Morgan fingerprint density at radius 1 is 0.854 bits per heavy atom. The molecule has 0 bridgehead atoms. The number of amides is 2. The number of nitrogens with zero attached hydrogens (tertiary/aromatic N) is 2. The Balaban J connectivity index is 1.90. The summed E-state index contributed by atoms with van der Waals surface area (Å²) < 4.78 is 41.1. The zero-order chi connectivity index (χ0) is 30.0. The number of carbonyl (C=O) groups excluding carboxylic acids is 2. The molecule has 11 heteroatoms. The van der Waals surface area contributed by atoms with Crippen LogP contribution in [0.2, 0.25) is 0 Å². The molecule has 0 aliphatic heterocycles. The average molecular weight is 584 g/mol. The van der Waals surface area contributed by atoms with Gasteiger partial charge >= 0.3 is 0 Å². The van der Waals surface area contributed by atoms with Crippen LogP contribution in [0.3, 0.4) is 0 Å². The fourth-order valence-corrected chi connectivity index (χ4v) is 4.57. The summed E-state index contributed by atoms with van der Waals surface area (Å²) in [6.45, 7) is -0.0498. The van der Waals surface area contributed by atoms with Crippen molar-refractivity contribution in [3.8, 4) is 17.2 Å². The van der Waals surface area contributed by atoms with Crippen LogP contribution in [0.4, 0.5) is 0 Å². The molecule has 0 radical (unpaired) electrons. The highest BCUT2D eigenvalue weighted by Gasteiger charge is 2.32. The summed E-state index contributed by atoms with van der Waals surface area (Å²) in [6.07, 6.45) is 1.54. The Morgan fingerprint density at radius 3 is 2.07 bits per heavy atom. The molecule has 1 N–H and O–H groups in total. The molecule has 0 aliphatic carbocycles. The number of hydrogen-bond acceptors (Lipinski definition) is 7. The maximum Gasteiger partial charge on any atom is 0.247 e. The predicted octanol–water partition coefficient (Wildman–Crippen LogP) is 3.03. The molecule has 3 aromatic rings. The van der Waals surface area contributed by atoms with E-state index in [0.717, 1.165) is 21.7 Å². The quantitative estimate of drug-likeness (QED) is 0.310. The summed E-state index contributed by atoms with van der Waals surface area (Å²) in [5.74, 6) is 0.940. The number of benzene rings is 3. The summed E-state index contributed by atoms with van der Waals surface area (Å²) in [5, 5.41) is 2.96. The molecule has 2 amide bonds. The van der Waals surface area contributed by atoms with E-state index in [4.69, 9.17) is 14.2 Å². The monoisotopic (exact) mass is 583 g/mol. The molecule has 220 valence electrons. The lowest BCUT2D eigenvalue weighted by atomic mass is 10.0. The zero-order valence-electron chi connectivity index (χ0n) is 24.0. The number of likely N-dealkylation sites (N-methyl/N-ethyl adjacent to an activating group) is 1. The van der Waals surface area contributed by atoms with Gasteiger partial charge in [0.15, 0.2) is 11.5 Å². The number of rotatable bonds is 14. The standard InChI is InChI=1S/C30H37N3O7S/c1-32(41(5,36)37)21-28(34)33(20-23-11-14-25(38-2)15-12-23)29(24-9-7-6-8-10-24)30(35)31-18-17-22-13-16-26(39-3)27(19-22)40-4/h6-16,19,29H,17-18,20-21H2,1-5H3,(H,31,35)/t29-/m0/s1. The lowest BCUT2D eigenvalue weighted by Crippen LogP contribution is -2.47. The van der Waals surface area contributed by atoms with Crippen molar-refractivity contribution in [1.29, 1.82) is 0 Å². The second kappa shape index (κ2) is 14.5. The Hall–Kier alpha value is -4.09. The van der Waals surface area contributed by atoms with Gasteiger partial charge in [-0.1, -0.05) is 48.5 Å². The molecule has 0 heterocycles.